The number of carbonyl (C=O) groups is 1. The number of esters is 1. The number of hydrogen-bond donors (Lipinski definition) is 2. The Morgan fingerprint density at radius 2 is 2.00 bits per heavy atom. The lowest BCUT2D eigenvalue weighted by atomic mass is 10.5. The third-order valence-corrected chi connectivity index (χ3v) is 0.713. The Bertz CT molecular complexity index is 131. The maximum atomic E-state index is 10.3. The molecular formula is C8H14O4. The molecule has 0 rings (SSSR count). The molecule has 0 aromatic rings. The second-order valence-corrected chi connectivity index (χ2v) is 1.63. The van der Waals surface area contributed by atoms with Gasteiger partial charge in [-0.05, 0) is 0 Å². The summed E-state index contributed by atoms with van der Waals surface area (Å²) in [6, 6.07) is 0. The lowest BCUT2D eigenvalue weighted by Gasteiger charge is -1.96. The fourth-order valence-electron chi connectivity index (χ4n) is 0.296. The lowest BCUT2D eigenvalue weighted by Crippen LogP contribution is -2.02. The largest absolute Gasteiger partial charge is 0.516 e. The lowest BCUT2D eigenvalue weighted by molar-refractivity contribution is -0.137. The first-order chi connectivity index (χ1) is 5.72. The van der Waals surface area contributed by atoms with Crippen LogP contribution in [0.25, 0.3) is 0 Å². The molecule has 0 aromatic heterocycles. The second-order valence-electron chi connectivity index (χ2n) is 1.63. The van der Waals surface area contributed by atoms with E-state index in [1.807, 2.05) is 0 Å². The fourth-order valence-corrected chi connectivity index (χ4v) is 0.296. The molecule has 0 saturated heterocycles. The van der Waals surface area contributed by atoms with E-state index in [9.17, 15) is 4.79 Å². The Balaban J connectivity index is 0. The first kappa shape index (κ1) is 13.3. The van der Waals surface area contributed by atoms with Gasteiger partial charge in [0.05, 0.1) is 12.9 Å². The van der Waals surface area contributed by atoms with Gasteiger partial charge in [0.25, 0.3) is 0 Å². The Morgan fingerprint density at radius 3 is 2.33 bits per heavy atom. The average molecular weight is 174 g/mol. The van der Waals surface area contributed by atoms with Crippen LogP contribution in [0.4, 0.5) is 0 Å². The van der Waals surface area contributed by atoms with Gasteiger partial charge in [0.2, 0.25) is 0 Å². The van der Waals surface area contributed by atoms with Gasteiger partial charge in [-0.2, -0.15) is 0 Å². The minimum atomic E-state index is -0.441. The number of aliphatic hydroxyl groups is 2. The monoisotopic (exact) mass is 174 g/mol. The van der Waals surface area contributed by atoms with E-state index in [0.717, 1.165) is 12.3 Å². The summed E-state index contributed by atoms with van der Waals surface area (Å²) in [5.74, 6) is -0.441. The van der Waals surface area contributed by atoms with Crippen LogP contribution in [0.3, 0.4) is 0 Å². The van der Waals surface area contributed by atoms with Crippen LogP contribution in [-0.4, -0.2) is 29.4 Å². The van der Waals surface area contributed by atoms with Crippen LogP contribution in [0.2, 0.25) is 0 Å². The Morgan fingerprint density at radius 1 is 1.50 bits per heavy atom. The summed E-state index contributed by atoms with van der Waals surface area (Å²) in [5.41, 5.74) is 0. The molecule has 0 amide bonds. The fraction of sp³-hybridized carbons (Fsp3) is 0.375. The van der Waals surface area contributed by atoms with Crippen LogP contribution < -0.4 is 0 Å². The first-order valence-electron chi connectivity index (χ1n) is 3.38. The Labute approximate surface area is 71.8 Å². The van der Waals surface area contributed by atoms with Gasteiger partial charge < -0.3 is 14.9 Å². The molecule has 70 valence electrons. The normalized spacial score (nSPS) is 7.42. The third kappa shape index (κ3) is 15.9. The number of rotatable bonds is 4. The number of aliphatic hydroxyl groups excluding tert-OH is 2. The van der Waals surface area contributed by atoms with E-state index in [2.05, 4.69) is 17.9 Å². The number of hydrogen-bond acceptors (Lipinski definition) is 4. The van der Waals surface area contributed by atoms with Gasteiger partial charge in [0, 0.05) is 19.1 Å². The zero-order valence-corrected chi connectivity index (χ0v) is 6.90. The summed E-state index contributed by atoms with van der Waals surface area (Å²) in [6.45, 7) is 6.43. The number of carbonyl (C=O) groups excluding carboxylic acids is 1. The smallest absolute Gasteiger partial charge is 0.330 e. The summed E-state index contributed by atoms with van der Waals surface area (Å²) in [5, 5.41) is 15.6. The van der Waals surface area contributed by atoms with Gasteiger partial charge in [-0.25, -0.2) is 4.79 Å². The van der Waals surface area contributed by atoms with Crippen LogP contribution in [-0.2, 0) is 9.53 Å². The molecule has 0 aliphatic heterocycles. The van der Waals surface area contributed by atoms with Crippen molar-refractivity contribution in [3.63, 3.8) is 0 Å². The van der Waals surface area contributed by atoms with E-state index in [4.69, 9.17) is 10.2 Å². The summed E-state index contributed by atoms with van der Waals surface area (Å²) >= 11 is 0. The minimum absolute atomic E-state index is 0.0461. The highest BCUT2D eigenvalue weighted by Crippen LogP contribution is 1.82. The highest BCUT2D eigenvalue weighted by Gasteiger charge is 1.91. The van der Waals surface area contributed by atoms with Crippen molar-refractivity contribution in [2.45, 2.75) is 6.42 Å². The third-order valence-electron chi connectivity index (χ3n) is 0.713. The summed E-state index contributed by atoms with van der Waals surface area (Å²) in [7, 11) is 0. The van der Waals surface area contributed by atoms with E-state index in [0.29, 0.717) is 6.42 Å². The van der Waals surface area contributed by atoms with E-state index in [-0.39, 0.29) is 13.2 Å². The van der Waals surface area contributed by atoms with Gasteiger partial charge in [-0.15, -0.1) is 0 Å². The molecule has 0 saturated carbocycles. The van der Waals surface area contributed by atoms with Crippen molar-refractivity contribution in [1.29, 1.82) is 0 Å². The summed E-state index contributed by atoms with van der Waals surface area (Å²) < 4.78 is 4.51. The first-order valence-corrected chi connectivity index (χ1v) is 3.38. The maximum absolute atomic E-state index is 10.3. The van der Waals surface area contributed by atoms with Crippen molar-refractivity contribution in [3.05, 3.63) is 25.5 Å². The molecule has 0 unspecified atom stereocenters. The molecule has 0 fully saturated rings. The van der Waals surface area contributed by atoms with Gasteiger partial charge in [-0.1, -0.05) is 13.2 Å². The molecular weight excluding hydrogens is 160 g/mol. The van der Waals surface area contributed by atoms with Crippen molar-refractivity contribution in [2.24, 2.45) is 0 Å². The van der Waals surface area contributed by atoms with Gasteiger partial charge >= 0.3 is 5.97 Å². The van der Waals surface area contributed by atoms with Crippen molar-refractivity contribution in [3.8, 4) is 0 Å². The molecule has 4 nitrogen and oxygen atoms in total. The quantitative estimate of drug-likeness (QED) is 0.286. The van der Waals surface area contributed by atoms with E-state index in [1.165, 1.54) is 0 Å². The zero-order chi connectivity index (χ0) is 9.82. The molecule has 0 atom stereocenters. The maximum Gasteiger partial charge on any atom is 0.330 e. The molecule has 0 aliphatic rings. The average Bonchev–Trinajstić information content (AvgIpc) is 2.06. The topological polar surface area (TPSA) is 66.8 Å². The van der Waals surface area contributed by atoms with E-state index >= 15 is 0 Å². The van der Waals surface area contributed by atoms with E-state index in [1.54, 1.807) is 0 Å². The molecule has 4 heteroatoms. The Hall–Kier alpha value is -1.29. The van der Waals surface area contributed by atoms with Gasteiger partial charge in [0.1, 0.15) is 0 Å². The summed E-state index contributed by atoms with van der Waals surface area (Å²) in [4.78, 5) is 10.3. The van der Waals surface area contributed by atoms with Crippen LogP contribution >= 0.6 is 0 Å². The predicted molar refractivity (Wildman–Crippen MR) is 45.7 cm³/mol. The molecule has 2 N–H and O–H groups in total. The Kier molecular flexibility index (Phi) is 13.7. The van der Waals surface area contributed by atoms with Crippen LogP contribution in [0, 0.1) is 0 Å². The van der Waals surface area contributed by atoms with Crippen LogP contribution in [0.5, 0.6) is 0 Å². The van der Waals surface area contributed by atoms with Crippen molar-refractivity contribution in [2.75, 3.05) is 13.2 Å². The second kappa shape index (κ2) is 12.4. The minimum Gasteiger partial charge on any atom is -0.516 e. The molecule has 0 heterocycles. The molecule has 0 spiro atoms. The van der Waals surface area contributed by atoms with Gasteiger partial charge in [0.15, 0.2) is 0 Å². The standard InChI is InChI=1S/C6H10O3.C2H4O/c1-2-6(8)9-5-3-4-7;1-2-3/h2,7H,1,3-5H2;2-3H,1H2. The number of ether oxygens (including phenoxy) is 1. The van der Waals surface area contributed by atoms with Crippen molar-refractivity contribution < 1.29 is 19.7 Å². The molecule has 0 aliphatic carbocycles. The predicted octanol–water partition coefficient (Wildman–Crippen LogP) is 0.786. The summed E-state index contributed by atoms with van der Waals surface area (Å²) in [6.07, 6.45) is 2.33. The van der Waals surface area contributed by atoms with Gasteiger partial charge in [-0.3, -0.25) is 0 Å². The SMILES string of the molecule is C=CC(=O)OCCCO.C=CO. The van der Waals surface area contributed by atoms with E-state index < -0.39 is 5.97 Å². The van der Waals surface area contributed by atoms with Crippen LogP contribution in [0.15, 0.2) is 25.5 Å². The molecule has 12 heavy (non-hydrogen) atoms. The highest BCUT2D eigenvalue weighted by molar-refractivity contribution is 5.81. The zero-order valence-electron chi connectivity index (χ0n) is 6.90. The molecule has 0 radical (unpaired) electrons. The van der Waals surface area contributed by atoms with Crippen molar-refractivity contribution in [1.82, 2.24) is 0 Å². The van der Waals surface area contributed by atoms with Crippen molar-refractivity contribution >= 4 is 5.97 Å². The highest BCUT2D eigenvalue weighted by atomic mass is 16.5. The van der Waals surface area contributed by atoms with Crippen LogP contribution in [0.1, 0.15) is 6.42 Å². The molecule has 0 aromatic carbocycles. The molecule has 0 bridgehead atoms.